The topological polar surface area (TPSA) is 64.4 Å². The second-order valence-electron chi connectivity index (χ2n) is 6.12. The first-order chi connectivity index (χ1) is 10.8. The number of unbranched alkanes of at least 4 members (excludes halogenated alkanes) is 1. The van der Waals surface area contributed by atoms with Gasteiger partial charge < -0.3 is 15.8 Å². The Balaban J connectivity index is 0.00000264. The van der Waals surface area contributed by atoms with Crippen molar-refractivity contribution < 1.29 is 9.53 Å². The van der Waals surface area contributed by atoms with Gasteiger partial charge in [0.2, 0.25) is 5.91 Å². The predicted molar refractivity (Wildman–Crippen MR) is 95.8 cm³/mol. The number of hydrogen-bond acceptors (Lipinski definition) is 3. The summed E-state index contributed by atoms with van der Waals surface area (Å²) in [6, 6.07) is 10.6. The van der Waals surface area contributed by atoms with Crippen molar-refractivity contribution in [3.05, 3.63) is 35.9 Å². The van der Waals surface area contributed by atoms with Crippen LogP contribution in [0.3, 0.4) is 0 Å². The summed E-state index contributed by atoms with van der Waals surface area (Å²) in [7, 11) is 0. The first kappa shape index (κ1) is 19.9. The Labute approximate surface area is 145 Å². The lowest BCUT2D eigenvalue weighted by Gasteiger charge is -2.10. The molecule has 0 radical (unpaired) electrons. The highest BCUT2D eigenvalue weighted by Gasteiger charge is 2.27. The van der Waals surface area contributed by atoms with Crippen LogP contribution in [0.1, 0.15) is 37.7 Å². The molecular formula is C18H29ClN2O2. The van der Waals surface area contributed by atoms with E-state index in [9.17, 15) is 4.79 Å². The minimum absolute atomic E-state index is 0. The van der Waals surface area contributed by atoms with Gasteiger partial charge in [0.05, 0.1) is 6.61 Å². The number of benzene rings is 1. The van der Waals surface area contributed by atoms with Crippen LogP contribution in [-0.4, -0.2) is 31.7 Å². The fourth-order valence-electron chi connectivity index (χ4n) is 2.88. The Morgan fingerprint density at radius 1 is 1.17 bits per heavy atom. The number of nitrogens with one attached hydrogen (secondary N) is 1. The van der Waals surface area contributed by atoms with Gasteiger partial charge >= 0.3 is 0 Å². The third kappa shape index (κ3) is 7.82. The van der Waals surface area contributed by atoms with Crippen LogP contribution in [-0.2, 0) is 16.0 Å². The Kier molecular flexibility index (Phi) is 9.92. The molecule has 1 aromatic rings. The number of halogens is 1. The van der Waals surface area contributed by atoms with Gasteiger partial charge in [0.1, 0.15) is 0 Å². The fourth-order valence-corrected chi connectivity index (χ4v) is 2.88. The van der Waals surface area contributed by atoms with Crippen molar-refractivity contribution in [3.63, 3.8) is 0 Å². The van der Waals surface area contributed by atoms with E-state index in [1.165, 1.54) is 5.56 Å². The molecule has 2 rings (SSSR count). The zero-order valence-corrected chi connectivity index (χ0v) is 14.5. The minimum Gasteiger partial charge on any atom is -0.381 e. The Bertz CT molecular complexity index is 442. The summed E-state index contributed by atoms with van der Waals surface area (Å²) in [5.41, 5.74) is 7.14. The van der Waals surface area contributed by atoms with Crippen molar-refractivity contribution >= 4 is 18.3 Å². The quantitative estimate of drug-likeness (QED) is 0.679. The lowest BCUT2D eigenvalue weighted by molar-refractivity contribution is -0.124. The van der Waals surface area contributed by atoms with Gasteiger partial charge in [0.25, 0.3) is 0 Å². The SMILES string of the molecule is Cl.NC1CCC(C(=O)NCCCCOCCc2ccccc2)C1. The van der Waals surface area contributed by atoms with Crippen LogP contribution in [0.25, 0.3) is 0 Å². The first-order valence-corrected chi connectivity index (χ1v) is 8.40. The highest BCUT2D eigenvalue weighted by molar-refractivity contribution is 5.85. The molecule has 1 aromatic carbocycles. The van der Waals surface area contributed by atoms with Gasteiger partial charge in [0.15, 0.2) is 0 Å². The van der Waals surface area contributed by atoms with E-state index >= 15 is 0 Å². The van der Waals surface area contributed by atoms with Crippen LogP contribution in [0.15, 0.2) is 30.3 Å². The number of nitrogens with two attached hydrogens (primary N) is 1. The van der Waals surface area contributed by atoms with E-state index < -0.39 is 0 Å². The summed E-state index contributed by atoms with van der Waals surface area (Å²) < 4.78 is 5.63. The van der Waals surface area contributed by atoms with Crippen molar-refractivity contribution in [2.75, 3.05) is 19.8 Å². The largest absolute Gasteiger partial charge is 0.381 e. The molecule has 4 nitrogen and oxygen atoms in total. The minimum atomic E-state index is 0. The van der Waals surface area contributed by atoms with E-state index in [-0.39, 0.29) is 30.3 Å². The number of carbonyl (C=O) groups excluding carboxylic acids is 1. The molecule has 0 aliphatic heterocycles. The maximum atomic E-state index is 11.9. The fraction of sp³-hybridized carbons (Fsp3) is 0.611. The normalized spacial score (nSPS) is 20.0. The molecule has 1 fully saturated rings. The van der Waals surface area contributed by atoms with Crippen LogP contribution in [0.4, 0.5) is 0 Å². The summed E-state index contributed by atoms with van der Waals surface area (Å²) in [6.45, 7) is 2.26. The van der Waals surface area contributed by atoms with Crippen LogP contribution >= 0.6 is 12.4 Å². The molecule has 0 saturated heterocycles. The number of hydrogen-bond donors (Lipinski definition) is 2. The van der Waals surface area contributed by atoms with Gasteiger partial charge in [-0.1, -0.05) is 30.3 Å². The summed E-state index contributed by atoms with van der Waals surface area (Å²) >= 11 is 0. The molecule has 2 atom stereocenters. The lowest BCUT2D eigenvalue weighted by atomic mass is 10.1. The van der Waals surface area contributed by atoms with Gasteiger partial charge in [-0.3, -0.25) is 4.79 Å². The highest BCUT2D eigenvalue weighted by Crippen LogP contribution is 2.23. The summed E-state index contributed by atoms with van der Waals surface area (Å²) in [5.74, 6) is 0.315. The maximum Gasteiger partial charge on any atom is 0.223 e. The molecule has 1 aliphatic carbocycles. The predicted octanol–water partition coefficient (Wildman–Crippen LogP) is 2.69. The van der Waals surface area contributed by atoms with E-state index in [2.05, 4.69) is 29.6 Å². The monoisotopic (exact) mass is 340 g/mol. The molecule has 1 amide bonds. The molecule has 1 aliphatic rings. The van der Waals surface area contributed by atoms with Crippen LogP contribution in [0.5, 0.6) is 0 Å². The number of rotatable bonds is 9. The maximum absolute atomic E-state index is 11.9. The van der Waals surface area contributed by atoms with Crippen molar-refractivity contribution in [3.8, 4) is 0 Å². The molecule has 2 unspecified atom stereocenters. The van der Waals surface area contributed by atoms with Crippen LogP contribution < -0.4 is 11.1 Å². The zero-order chi connectivity index (χ0) is 15.6. The number of ether oxygens (including phenoxy) is 1. The number of carbonyl (C=O) groups is 1. The molecule has 0 aromatic heterocycles. The summed E-state index contributed by atoms with van der Waals surface area (Å²) in [6.07, 6.45) is 5.67. The zero-order valence-electron chi connectivity index (χ0n) is 13.7. The molecule has 0 heterocycles. The molecule has 1 saturated carbocycles. The van der Waals surface area contributed by atoms with Gasteiger partial charge in [-0.15, -0.1) is 12.4 Å². The molecular weight excluding hydrogens is 312 g/mol. The van der Waals surface area contributed by atoms with Crippen LogP contribution in [0.2, 0.25) is 0 Å². The third-order valence-electron chi connectivity index (χ3n) is 4.24. The van der Waals surface area contributed by atoms with E-state index in [1.807, 2.05) is 6.07 Å². The third-order valence-corrected chi connectivity index (χ3v) is 4.24. The smallest absolute Gasteiger partial charge is 0.223 e. The van der Waals surface area contributed by atoms with Gasteiger partial charge in [-0.25, -0.2) is 0 Å². The van der Waals surface area contributed by atoms with E-state index in [1.54, 1.807) is 0 Å². The Morgan fingerprint density at radius 3 is 2.65 bits per heavy atom. The summed E-state index contributed by atoms with van der Waals surface area (Å²) in [5, 5.41) is 3.01. The second-order valence-corrected chi connectivity index (χ2v) is 6.12. The van der Waals surface area contributed by atoms with Crippen molar-refractivity contribution in [2.24, 2.45) is 11.7 Å². The lowest BCUT2D eigenvalue weighted by Crippen LogP contribution is -2.31. The van der Waals surface area contributed by atoms with Crippen molar-refractivity contribution in [1.29, 1.82) is 0 Å². The molecule has 3 N–H and O–H groups in total. The van der Waals surface area contributed by atoms with Gasteiger partial charge in [-0.05, 0) is 44.1 Å². The van der Waals surface area contributed by atoms with Gasteiger partial charge in [0, 0.05) is 25.1 Å². The molecule has 5 heteroatoms. The van der Waals surface area contributed by atoms with Gasteiger partial charge in [-0.2, -0.15) is 0 Å². The molecule has 23 heavy (non-hydrogen) atoms. The first-order valence-electron chi connectivity index (χ1n) is 8.40. The summed E-state index contributed by atoms with van der Waals surface area (Å²) in [4.78, 5) is 11.9. The van der Waals surface area contributed by atoms with E-state index in [0.29, 0.717) is 0 Å². The van der Waals surface area contributed by atoms with E-state index in [0.717, 1.165) is 58.3 Å². The number of amides is 1. The van der Waals surface area contributed by atoms with Crippen molar-refractivity contribution in [2.45, 2.75) is 44.6 Å². The average Bonchev–Trinajstić information content (AvgIpc) is 2.97. The average molecular weight is 341 g/mol. The van der Waals surface area contributed by atoms with Crippen molar-refractivity contribution in [1.82, 2.24) is 5.32 Å². The van der Waals surface area contributed by atoms with E-state index in [4.69, 9.17) is 10.5 Å². The second kappa shape index (κ2) is 11.4. The molecule has 0 spiro atoms. The highest BCUT2D eigenvalue weighted by atomic mass is 35.5. The Hall–Kier alpha value is -1.10. The Morgan fingerprint density at radius 2 is 1.96 bits per heavy atom. The molecule has 130 valence electrons. The standard InChI is InChI=1S/C18H28N2O2.ClH/c19-17-9-8-16(14-17)18(21)20-11-4-5-12-22-13-10-15-6-2-1-3-7-15;/h1-3,6-7,16-17H,4-5,8-14,19H2,(H,20,21);1H. The molecule has 0 bridgehead atoms. The van der Waals surface area contributed by atoms with Crippen LogP contribution in [0, 0.1) is 5.92 Å².